The molecule has 9 heteroatoms. The van der Waals surface area contributed by atoms with Crippen LogP contribution in [0.25, 0.3) is 16.7 Å². The fraction of sp³-hybridized carbons (Fsp3) is 0.222. The first kappa shape index (κ1) is 15.8. The van der Waals surface area contributed by atoms with Gasteiger partial charge in [0.15, 0.2) is 17.3 Å². The van der Waals surface area contributed by atoms with Crippen LogP contribution >= 0.6 is 0 Å². The van der Waals surface area contributed by atoms with Gasteiger partial charge in [0.1, 0.15) is 19.8 Å². The summed E-state index contributed by atoms with van der Waals surface area (Å²) in [6, 6.07) is 7.44. The first-order chi connectivity index (χ1) is 13.2. The van der Waals surface area contributed by atoms with Crippen LogP contribution in [-0.2, 0) is 13.2 Å². The molecule has 9 nitrogen and oxygen atoms in total. The van der Waals surface area contributed by atoms with Crippen molar-refractivity contribution in [2.24, 2.45) is 0 Å². The van der Waals surface area contributed by atoms with E-state index in [2.05, 4.69) is 15.1 Å². The summed E-state index contributed by atoms with van der Waals surface area (Å²) in [5.41, 5.74) is 1.34. The molecule has 0 radical (unpaired) electrons. The Hall–Kier alpha value is -3.46. The van der Waals surface area contributed by atoms with Gasteiger partial charge < -0.3 is 19.1 Å². The SMILES string of the molecule is O=c1c2cnc3nc(CO)nn3c2ccn1Cc1ccc2c(c1)OCCO2. The zero-order valence-corrected chi connectivity index (χ0v) is 14.2. The minimum Gasteiger partial charge on any atom is -0.486 e. The number of nitrogens with zero attached hydrogens (tertiary/aromatic N) is 5. The van der Waals surface area contributed by atoms with Crippen molar-refractivity contribution < 1.29 is 14.6 Å². The van der Waals surface area contributed by atoms with Gasteiger partial charge in [-0.05, 0) is 23.8 Å². The van der Waals surface area contributed by atoms with E-state index < -0.39 is 0 Å². The minimum absolute atomic E-state index is 0.183. The van der Waals surface area contributed by atoms with Crippen molar-refractivity contribution in [2.75, 3.05) is 13.2 Å². The van der Waals surface area contributed by atoms with Crippen LogP contribution in [0.1, 0.15) is 11.4 Å². The molecule has 3 aromatic heterocycles. The lowest BCUT2D eigenvalue weighted by Gasteiger charge is -2.19. The van der Waals surface area contributed by atoms with E-state index in [1.165, 1.54) is 10.7 Å². The summed E-state index contributed by atoms with van der Waals surface area (Å²) >= 11 is 0. The van der Waals surface area contributed by atoms with E-state index in [9.17, 15) is 9.90 Å². The van der Waals surface area contributed by atoms with Gasteiger partial charge in [0.05, 0.1) is 17.4 Å². The Morgan fingerprint density at radius 2 is 2.00 bits per heavy atom. The number of benzene rings is 1. The fourth-order valence-electron chi connectivity index (χ4n) is 3.18. The zero-order chi connectivity index (χ0) is 18.4. The Kier molecular flexibility index (Phi) is 3.54. The third-order valence-electron chi connectivity index (χ3n) is 4.45. The molecule has 0 saturated carbocycles. The molecule has 0 aliphatic carbocycles. The molecule has 1 aromatic carbocycles. The van der Waals surface area contributed by atoms with E-state index in [1.54, 1.807) is 16.8 Å². The van der Waals surface area contributed by atoms with E-state index >= 15 is 0 Å². The maximum Gasteiger partial charge on any atom is 0.261 e. The van der Waals surface area contributed by atoms with Gasteiger partial charge in [-0.2, -0.15) is 9.50 Å². The van der Waals surface area contributed by atoms with E-state index in [4.69, 9.17) is 9.47 Å². The van der Waals surface area contributed by atoms with E-state index in [-0.39, 0.29) is 18.0 Å². The molecule has 0 spiro atoms. The van der Waals surface area contributed by atoms with Gasteiger partial charge in [0.25, 0.3) is 11.3 Å². The molecule has 1 N–H and O–H groups in total. The quantitative estimate of drug-likeness (QED) is 0.571. The summed E-state index contributed by atoms with van der Waals surface area (Å²) in [4.78, 5) is 21.2. The normalized spacial score (nSPS) is 13.4. The molecule has 0 unspecified atom stereocenters. The van der Waals surface area contributed by atoms with Crippen molar-refractivity contribution in [3.63, 3.8) is 0 Å². The molecule has 136 valence electrons. The van der Waals surface area contributed by atoms with Gasteiger partial charge in [-0.25, -0.2) is 4.98 Å². The molecular weight excluding hydrogens is 350 g/mol. The van der Waals surface area contributed by atoms with Gasteiger partial charge in [0, 0.05) is 12.4 Å². The molecule has 0 atom stereocenters. The highest BCUT2D eigenvalue weighted by molar-refractivity contribution is 5.78. The van der Waals surface area contributed by atoms with Crippen LogP contribution in [0.3, 0.4) is 0 Å². The van der Waals surface area contributed by atoms with Gasteiger partial charge in [0.2, 0.25) is 0 Å². The van der Waals surface area contributed by atoms with Gasteiger partial charge >= 0.3 is 0 Å². The van der Waals surface area contributed by atoms with Crippen molar-refractivity contribution in [1.82, 2.24) is 24.1 Å². The third-order valence-corrected chi connectivity index (χ3v) is 4.45. The minimum atomic E-state index is -0.286. The van der Waals surface area contributed by atoms with E-state index in [0.717, 1.165) is 5.56 Å². The Labute approximate surface area is 152 Å². The number of aliphatic hydroxyl groups is 1. The highest BCUT2D eigenvalue weighted by atomic mass is 16.6. The van der Waals surface area contributed by atoms with Crippen molar-refractivity contribution in [3.8, 4) is 11.5 Å². The first-order valence-electron chi connectivity index (χ1n) is 8.46. The summed E-state index contributed by atoms with van der Waals surface area (Å²) in [6.07, 6.45) is 3.20. The number of pyridine rings is 1. The first-order valence-corrected chi connectivity index (χ1v) is 8.46. The van der Waals surface area contributed by atoms with Crippen molar-refractivity contribution in [1.29, 1.82) is 0 Å². The number of hydrogen-bond acceptors (Lipinski definition) is 7. The fourth-order valence-corrected chi connectivity index (χ4v) is 3.18. The second-order valence-corrected chi connectivity index (χ2v) is 6.18. The lowest BCUT2D eigenvalue weighted by atomic mass is 10.2. The van der Waals surface area contributed by atoms with Gasteiger partial charge in [-0.1, -0.05) is 6.07 Å². The number of fused-ring (bicyclic) bond motifs is 4. The molecule has 4 aromatic rings. The van der Waals surface area contributed by atoms with Crippen LogP contribution in [0, 0.1) is 0 Å². The van der Waals surface area contributed by atoms with Gasteiger partial charge in [-0.3, -0.25) is 4.79 Å². The van der Waals surface area contributed by atoms with Crippen LogP contribution < -0.4 is 15.0 Å². The van der Waals surface area contributed by atoms with Crippen LogP contribution in [0.4, 0.5) is 0 Å². The standard InChI is InChI=1S/C18H15N5O4/c24-10-16-20-18-19-8-12-13(23(18)21-16)3-4-22(17(12)25)9-11-1-2-14-15(7-11)27-6-5-26-14/h1-4,7-8,24H,5-6,9-10H2. The second kappa shape index (κ2) is 6.06. The molecule has 27 heavy (non-hydrogen) atoms. The maximum absolute atomic E-state index is 12.9. The van der Waals surface area contributed by atoms with Crippen molar-refractivity contribution >= 4 is 16.7 Å². The molecule has 0 amide bonds. The average Bonchev–Trinajstić information content (AvgIpc) is 3.14. The molecule has 0 fully saturated rings. The monoisotopic (exact) mass is 365 g/mol. The summed E-state index contributed by atoms with van der Waals surface area (Å²) in [5.74, 6) is 2.01. The Balaban J connectivity index is 1.57. The van der Waals surface area contributed by atoms with Gasteiger partial charge in [-0.15, -0.1) is 5.10 Å². The highest BCUT2D eigenvalue weighted by Gasteiger charge is 2.14. The largest absolute Gasteiger partial charge is 0.486 e. The summed E-state index contributed by atoms with van der Waals surface area (Å²) in [7, 11) is 0. The third kappa shape index (κ3) is 2.59. The van der Waals surface area contributed by atoms with Crippen molar-refractivity contribution in [3.05, 3.63) is 58.4 Å². The second-order valence-electron chi connectivity index (χ2n) is 6.18. The lowest BCUT2D eigenvalue weighted by Crippen LogP contribution is -2.21. The molecule has 1 aliphatic heterocycles. The summed E-state index contributed by atoms with van der Waals surface area (Å²) < 4.78 is 14.2. The zero-order valence-electron chi connectivity index (χ0n) is 14.2. The Bertz CT molecular complexity index is 1230. The lowest BCUT2D eigenvalue weighted by molar-refractivity contribution is 0.171. The predicted molar refractivity (Wildman–Crippen MR) is 95.0 cm³/mol. The molecular formula is C18H15N5O4. The maximum atomic E-state index is 12.9. The topological polar surface area (TPSA) is 104 Å². The molecule has 0 bridgehead atoms. The molecule has 4 heterocycles. The summed E-state index contributed by atoms with van der Waals surface area (Å²) in [6.45, 7) is 1.16. The Morgan fingerprint density at radius 1 is 1.15 bits per heavy atom. The number of aromatic nitrogens is 5. The van der Waals surface area contributed by atoms with Crippen LogP contribution in [-0.4, -0.2) is 42.5 Å². The molecule has 0 saturated heterocycles. The number of hydrogen-bond donors (Lipinski definition) is 1. The van der Waals surface area contributed by atoms with Crippen molar-refractivity contribution in [2.45, 2.75) is 13.2 Å². The highest BCUT2D eigenvalue weighted by Crippen LogP contribution is 2.30. The number of rotatable bonds is 3. The van der Waals surface area contributed by atoms with Crippen LogP contribution in [0.5, 0.6) is 11.5 Å². The Morgan fingerprint density at radius 3 is 2.85 bits per heavy atom. The molecule has 1 aliphatic rings. The number of ether oxygens (including phenoxy) is 2. The molecule has 5 rings (SSSR count). The van der Waals surface area contributed by atoms with Crippen LogP contribution in [0.2, 0.25) is 0 Å². The smallest absolute Gasteiger partial charge is 0.261 e. The predicted octanol–water partition coefficient (Wildman–Crippen LogP) is 0.751. The average molecular weight is 365 g/mol. The summed E-state index contributed by atoms with van der Waals surface area (Å²) in [5, 5.41) is 13.8. The van der Waals surface area contributed by atoms with E-state index in [0.29, 0.717) is 47.9 Å². The van der Waals surface area contributed by atoms with Crippen LogP contribution in [0.15, 0.2) is 41.5 Å². The number of aliphatic hydroxyl groups excluding tert-OH is 1. The van der Waals surface area contributed by atoms with E-state index in [1.807, 2.05) is 18.2 Å².